The maximum Gasteiger partial charge on any atom is 0.301 e. The van der Waals surface area contributed by atoms with Gasteiger partial charge in [0.2, 0.25) is 5.13 Å². The van der Waals surface area contributed by atoms with Gasteiger partial charge < -0.3 is 5.11 Å². The highest BCUT2D eigenvalue weighted by Crippen LogP contribution is 2.44. The number of hydrogen-bond acceptors (Lipinski definition) is 7. The first-order valence-corrected chi connectivity index (χ1v) is 15.2. The van der Waals surface area contributed by atoms with Crippen molar-refractivity contribution in [2.45, 2.75) is 23.1 Å². The van der Waals surface area contributed by atoms with Gasteiger partial charge in [0.05, 0.1) is 11.6 Å². The number of anilines is 1. The lowest BCUT2D eigenvalue weighted by Crippen LogP contribution is -2.29. The summed E-state index contributed by atoms with van der Waals surface area (Å²) >= 11 is 6.10. The van der Waals surface area contributed by atoms with E-state index in [1.54, 1.807) is 31.2 Å². The van der Waals surface area contributed by atoms with Gasteiger partial charge in [0.15, 0.2) is 4.34 Å². The van der Waals surface area contributed by atoms with Gasteiger partial charge in [-0.3, -0.25) is 14.5 Å². The Balaban J connectivity index is 1.37. The number of aromatic nitrogens is 2. The Hall–Kier alpha value is -3.86. The first-order valence-electron chi connectivity index (χ1n) is 12.6. The van der Waals surface area contributed by atoms with E-state index in [-0.39, 0.29) is 16.3 Å². The highest BCUT2D eigenvalue weighted by molar-refractivity contribution is 9.10. The molecule has 5 aromatic rings. The summed E-state index contributed by atoms with van der Waals surface area (Å²) < 4.78 is 15.8. The molecule has 0 aliphatic carbocycles. The number of Topliss-reactive ketones (excluding diaryl/α,β-unsaturated/α-hetero) is 1. The molecule has 1 unspecified atom stereocenters. The summed E-state index contributed by atoms with van der Waals surface area (Å²) in [6, 6.07) is 24.6. The van der Waals surface area contributed by atoms with E-state index in [0.717, 1.165) is 26.9 Å². The molecule has 0 bridgehead atoms. The van der Waals surface area contributed by atoms with Crippen LogP contribution in [0.3, 0.4) is 0 Å². The van der Waals surface area contributed by atoms with Crippen LogP contribution in [0.25, 0.3) is 16.5 Å². The molecule has 10 heteroatoms. The first kappa shape index (κ1) is 27.3. The molecule has 1 atom stereocenters. The van der Waals surface area contributed by atoms with Crippen molar-refractivity contribution in [3.63, 3.8) is 0 Å². The molecule has 0 spiro atoms. The average Bonchev–Trinajstić information content (AvgIpc) is 3.55. The van der Waals surface area contributed by atoms with E-state index in [1.165, 1.54) is 40.1 Å². The zero-order valence-corrected chi connectivity index (χ0v) is 24.8. The van der Waals surface area contributed by atoms with E-state index < -0.39 is 29.3 Å². The van der Waals surface area contributed by atoms with Crippen molar-refractivity contribution in [2.75, 3.05) is 4.90 Å². The molecule has 1 aliphatic heterocycles. The normalized spacial score (nSPS) is 16.6. The van der Waals surface area contributed by atoms with Crippen LogP contribution in [0.2, 0.25) is 0 Å². The Kier molecular flexibility index (Phi) is 7.46. The molecule has 1 fully saturated rings. The van der Waals surface area contributed by atoms with Gasteiger partial charge in [0.1, 0.15) is 11.6 Å². The van der Waals surface area contributed by atoms with Crippen LogP contribution in [-0.2, 0) is 15.3 Å². The number of amides is 1. The molecule has 1 amide bonds. The second-order valence-electron chi connectivity index (χ2n) is 9.46. The summed E-state index contributed by atoms with van der Waals surface area (Å²) in [5.74, 6) is -2.05. The zero-order chi connectivity index (χ0) is 28.7. The lowest BCUT2D eigenvalue weighted by atomic mass is 9.95. The molecular formula is C31H21BrFN3O3S2. The second-order valence-corrected chi connectivity index (χ2v) is 12.6. The predicted molar refractivity (Wildman–Crippen MR) is 163 cm³/mol. The number of ketones is 1. The number of nitrogens with zero attached hydrogens (tertiary/aromatic N) is 3. The van der Waals surface area contributed by atoms with Crippen LogP contribution in [0.15, 0.2) is 99.3 Å². The lowest BCUT2D eigenvalue weighted by Gasteiger charge is -2.22. The third-order valence-electron chi connectivity index (χ3n) is 6.91. The molecule has 2 heterocycles. The number of carbonyl (C=O) groups is 2. The number of carbonyl (C=O) groups excluding carboxylic acids is 2. The second kappa shape index (κ2) is 11.2. The van der Waals surface area contributed by atoms with Crippen molar-refractivity contribution in [3.8, 4) is 0 Å². The summed E-state index contributed by atoms with van der Waals surface area (Å²) in [5, 5.41) is 22.3. The van der Waals surface area contributed by atoms with Crippen LogP contribution in [0.1, 0.15) is 28.3 Å². The van der Waals surface area contributed by atoms with Gasteiger partial charge in [-0.1, -0.05) is 106 Å². The molecule has 4 aromatic carbocycles. The average molecular weight is 647 g/mol. The number of rotatable bonds is 6. The monoisotopic (exact) mass is 645 g/mol. The summed E-state index contributed by atoms with van der Waals surface area (Å²) in [7, 11) is 0. The highest BCUT2D eigenvalue weighted by atomic mass is 79.9. The minimum atomic E-state index is -0.976. The van der Waals surface area contributed by atoms with Crippen LogP contribution >= 0.6 is 39.0 Å². The highest BCUT2D eigenvalue weighted by Gasteiger charge is 2.48. The number of thioether (sulfide) groups is 1. The molecule has 1 aliphatic rings. The van der Waals surface area contributed by atoms with Crippen molar-refractivity contribution in [1.29, 1.82) is 0 Å². The minimum absolute atomic E-state index is 0.108. The van der Waals surface area contributed by atoms with E-state index in [2.05, 4.69) is 50.4 Å². The molecule has 41 heavy (non-hydrogen) atoms. The molecule has 1 saturated heterocycles. The lowest BCUT2D eigenvalue weighted by molar-refractivity contribution is -0.132. The molecule has 0 saturated carbocycles. The van der Waals surface area contributed by atoms with Crippen LogP contribution < -0.4 is 4.90 Å². The van der Waals surface area contributed by atoms with Gasteiger partial charge in [-0.15, -0.1) is 10.2 Å². The van der Waals surface area contributed by atoms with E-state index in [0.29, 0.717) is 21.2 Å². The summed E-state index contributed by atoms with van der Waals surface area (Å²) in [6.07, 6.45) is 0. The van der Waals surface area contributed by atoms with Crippen molar-refractivity contribution in [1.82, 2.24) is 10.2 Å². The molecule has 6 nitrogen and oxygen atoms in total. The summed E-state index contributed by atoms with van der Waals surface area (Å²) in [6.45, 7) is 1.60. The fourth-order valence-electron chi connectivity index (χ4n) is 4.80. The number of aliphatic hydroxyl groups excluding tert-OH is 1. The van der Waals surface area contributed by atoms with Crippen molar-refractivity contribution < 1.29 is 19.1 Å². The Morgan fingerprint density at radius 2 is 1.78 bits per heavy atom. The molecule has 204 valence electrons. The van der Waals surface area contributed by atoms with E-state index in [9.17, 15) is 19.1 Å². The Morgan fingerprint density at radius 1 is 1.02 bits per heavy atom. The minimum Gasteiger partial charge on any atom is -0.507 e. The summed E-state index contributed by atoms with van der Waals surface area (Å²) in [4.78, 5) is 28.1. The largest absolute Gasteiger partial charge is 0.507 e. The fourth-order valence-corrected chi connectivity index (χ4v) is 6.94. The van der Waals surface area contributed by atoms with Gasteiger partial charge >= 0.3 is 5.91 Å². The third-order valence-corrected chi connectivity index (χ3v) is 9.54. The maximum absolute atomic E-state index is 14.4. The topological polar surface area (TPSA) is 83.4 Å². The number of aryl methyl sites for hydroxylation is 1. The Morgan fingerprint density at radius 3 is 2.56 bits per heavy atom. The van der Waals surface area contributed by atoms with Crippen molar-refractivity contribution in [2.24, 2.45) is 0 Å². The van der Waals surface area contributed by atoms with E-state index >= 15 is 0 Å². The van der Waals surface area contributed by atoms with Gasteiger partial charge in [0, 0.05) is 15.8 Å². The standard InChI is InChI=1S/C31H21BrFN3O3S2/c1-17-9-10-20(15-24(17)33)27(37)25-26(19-11-13-22(32)14-12-19)36(29(39)28(25)38)30-34-35-31(41-30)40-16-21-7-4-6-18-5-2-3-8-23(18)21/h2-15,26,37H,16H2,1H3/b27-25-. The molecule has 0 radical (unpaired) electrons. The smallest absolute Gasteiger partial charge is 0.301 e. The van der Waals surface area contributed by atoms with Gasteiger partial charge in [-0.05, 0) is 52.6 Å². The number of benzene rings is 4. The molecule has 6 rings (SSSR count). The van der Waals surface area contributed by atoms with Crippen LogP contribution in [0.5, 0.6) is 0 Å². The number of halogens is 2. The SMILES string of the molecule is Cc1ccc(/C(O)=C2/C(=O)C(=O)N(c3nnc(SCc4cccc5ccccc45)s3)C2c2ccc(Br)cc2)cc1F. The van der Waals surface area contributed by atoms with Crippen LogP contribution in [-0.4, -0.2) is 27.0 Å². The third kappa shape index (κ3) is 5.18. The van der Waals surface area contributed by atoms with Gasteiger partial charge in [-0.25, -0.2) is 4.39 Å². The molecular weight excluding hydrogens is 625 g/mol. The van der Waals surface area contributed by atoms with Crippen LogP contribution in [0.4, 0.5) is 9.52 Å². The quantitative estimate of drug-likeness (QED) is 0.0666. The van der Waals surface area contributed by atoms with Crippen molar-refractivity contribution >= 4 is 72.4 Å². The first-order chi connectivity index (χ1) is 19.8. The van der Waals surface area contributed by atoms with E-state index in [4.69, 9.17) is 0 Å². The zero-order valence-electron chi connectivity index (χ0n) is 21.5. The maximum atomic E-state index is 14.4. The number of aliphatic hydroxyl groups is 1. The predicted octanol–water partition coefficient (Wildman–Crippen LogP) is 7.82. The Labute approximate surface area is 251 Å². The van der Waals surface area contributed by atoms with E-state index in [1.807, 2.05) is 18.2 Å². The number of hydrogen-bond donors (Lipinski definition) is 1. The molecule has 1 N–H and O–H groups in total. The van der Waals surface area contributed by atoms with Crippen molar-refractivity contribution in [3.05, 3.63) is 123 Å². The Bertz CT molecular complexity index is 1850. The fraction of sp³-hybridized carbons (Fsp3) is 0.0968. The number of fused-ring (bicyclic) bond motifs is 1. The van der Waals surface area contributed by atoms with Crippen LogP contribution in [0, 0.1) is 12.7 Å². The summed E-state index contributed by atoms with van der Waals surface area (Å²) in [5.41, 5.74) is 2.10. The van der Waals surface area contributed by atoms with Gasteiger partial charge in [-0.2, -0.15) is 0 Å². The molecule has 1 aromatic heterocycles. The van der Waals surface area contributed by atoms with Gasteiger partial charge in [0.25, 0.3) is 5.78 Å².